The first-order chi connectivity index (χ1) is 7.21. The van der Waals surface area contributed by atoms with E-state index in [9.17, 15) is 0 Å². The predicted molar refractivity (Wildman–Crippen MR) is 70.3 cm³/mol. The fraction of sp³-hybridized carbons (Fsp3) is 0.385. The topological polar surface area (TPSA) is 20.2 Å². The van der Waals surface area contributed by atoms with Crippen LogP contribution in [-0.2, 0) is 12.8 Å². The van der Waals surface area contributed by atoms with Crippen molar-refractivity contribution in [1.82, 2.24) is 0 Å². The fourth-order valence-corrected chi connectivity index (χ4v) is 2.07. The normalized spacial score (nSPS) is 9.00. The van der Waals surface area contributed by atoms with Crippen LogP contribution in [0.25, 0.3) is 0 Å². The minimum absolute atomic E-state index is 0.750. The molecule has 1 aromatic carbocycles. The van der Waals surface area contributed by atoms with Gasteiger partial charge in [0.25, 0.3) is 0 Å². The maximum absolute atomic E-state index is 7.33. The molecule has 0 radical (unpaired) electrons. The van der Waals surface area contributed by atoms with Gasteiger partial charge in [-0.3, -0.25) is 0 Å². The second-order valence-corrected chi connectivity index (χ2v) is 4.02. The Balaban J connectivity index is 0.000000583. The number of halogens is 1. The van der Waals surface area contributed by atoms with Crippen molar-refractivity contribution in [1.29, 1.82) is 0 Å². The van der Waals surface area contributed by atoms with E-state index in [4.69, 9.17) is 5.11 Å². The second kappa shape index (κ2) is 8.54. The largest absolute Gasteiger partial charge is 0.516 e. The molecule has 0 saturated heterocycles. The van der Waals surface area contributed by atoms with Crippen LogP contribution in [0.5, 0.6) is 0 Å². The number of aliphatic hydroxyl groups is 1. The lowest BCUT2D eigenvalue weighted by molar-refractivity contribution is 0.476. The van der Waals surface area contributed by atoms with Crippen molar-refractivity contribution in [3.63, 3.8) is 0 Å². The molecule has 84 valence electrons. The van der Waals surface area contributed by atoms with Crippen LogP contribution in [0.4, 0.5) is 0 Å². The van der Waals surface area contributed by atoms with Crippen LogP contribution in [-0.4, -0.2) is 5.11 Å². The number of rotatable bonds is 3. The van der Waals surface area contributed by atoms with Crippen molar-refractivity contribution in [3.05, 3.63) is 46.6 Å². The zero-order valence-electron chi connectivity index (χ0n) is 9.46. The number of aliphatic hydroxyl groups excluding tert-OH is 1. The monoisotopic (exact) mass is 270 g/mol. The van der Waals surface area contributed by atoms with Gasteiger partial charge in [-0.15, -0.1) is 0 Å². The minimum atomic E-state index is 0.750. The molecule has 0 amide bonds. The number of hydrogen-bond acceptors (Lipinski definition) is 1. The van der Waals surface area contributed by atoms with Gasteiger partial charge in [0.15, 0.2) is 0 Å². The van der Waals surface area contributed by atoms with Crippen LogP contribution in [0.15, 0.2) is 35.5 Å². The lowest BCUT2D eigenvalue weighted by Gasteiger charge is -2.08. The summed E-state index contributed by atoms with van der Waals surface area (Å²) in [5.74, 6) is 0. The highest BCUT2D eigenvalue weighted by atomic mass is 79.9. The number of benzene rings is 1. The van der Waals surface area contributed by atoms with Crippen LogP contribution in [0.2, 0.25) is 0 Å². The van der Waals surface area contributed by atoms with E-state index < -0.39 is 0 Å². The minimum Gasteiger partial charge on any atom is -0.516 e. The van der Waals surface area contributed by atoms with Gasteiger partial charge in [0, 0.05) is 4.47 Å². The van der Waals surface area contributed by atoms with Crippen LogP contribution in [0.1, 0.15) is 31.4 Å². The van der Waals surface area contributed by atoms with E-state index in [2.05, 4.69) is 54.6 Å². The van der Waals surface area contributed by atoms with E-state index in [1.807, 2.05) is 0 Å². The first kappa shape index (κ1) is 14.2. The molecule has 1 aromatic rings. The van der Waals surface area contributed by atoms with Crippen LogP contribution in [0.3, 0.4) is 0 Å². The third kappa shape index (κ3) is 5.03. The Morgan fingerprint density at radius 2 is 2.00 bits per heavy atom. The second-order valence-electron chi connectivity index (χ2n) is 3.16. The maximum atomic E-state index is 7.33. The molecule has 1 N–H and O–H groups in total. The van der Waals surface area contributed by atoms with Gasteiger partial charge >= 0.3 is 0 Å². The van der Waals surface area contributed by atoms with E-state index in [1.165, 1.54) is 28.4 Å². The summed E-state index contributed by atoms with van der Waals surface area (Å²) in [5, 5.41) is 7.33. The Morgan fingerprint density at radius 1 is 1.40 bits per heavy atom. The molecule has 0 aliphatic heterocycles. The molecular formula is C13H19BrO. The van der Waals surface area contributed by atoms with Gasteiger partial charge in [-0.25, -0.2) is 0 Å². The summed E-state index contributed by atoms with van der Waals surface area (Å²) >= 11 is 3.59. The Kier molecular flexibility index (Phi) is 8.11. The molecule has 0 aliphatic rings. The molecule has 0 spiro atoms. The van der Waals surface area contributed by atoms with Gasteiger partial charge in [-0.1, -0.05) is 54.9 Å². The van der Waals surface area contributed by atoms with E-state index in [1.54, 1.807) is 0 Å². The standard InChI is InChI=1S/C11H15Br.C2H4O/c1-3-6-10-9(4-2)7-5-8-11(10)12;1-2-3/h5,7-8H,3-4,6H2,1-2H3;2-3H,1H2. The van der Waals surface area contributed by atoms with Gasteiger partial charge in [0.1, 0.15) is 0 Å². The van der Waals surface area contributed by atoms with E-state index in [0.717, 1.165) is 12.7 Å². The van der Waals surface area contributed by atoms with Crippen LogP contribution >= 0.6 is 15.9 Å². The third-order valence-electron chi connectivity index (χ3n) is 2.10. The maximum Gasteiger partial charge on any atom is 0.0719 e. The molecule has 0 saturated carbocycles. The smallest absolute Gasteiger partial charge is 0.0719 e. The summed E-state index contributed by atoms with van der Waals surface area (Å²) in [6, 6.07) is 6.46. The predicted octanol–water partition coefficient (Wildman–Crippen LogP) is 4.65. The highest BCUT2D eigenvalue weighted by molar-refractivity contribution is 9.10. The molecule has 2 heteroatoms. The van der Waals surface area contributed by atoms with Crippen molar-refractivity contribution in [3.8, 4) is 0 Å². The average molecular weight is 271 g/mol. The van der Waals surface area contributed by atoms with Crippen molar-refractivity contribution in [2.24, 2.45) is 0 Å². The van der Waals surface area contributed by atoms with Crippen LogP contribution < -0.4 is 0 Å². The molecule has 0 fully saturated rings. The van der Waals surface area contributed by atoms with Gasteiger partial charge in [0.05, 0.1) is 6.26 Å². The highest BCUT2D eigenvalue weighted by Crippen LogP contribution is 2.22. The molecule has 1 rings (SSSR count). The summed E-state index contributed by atoms with van der Waals surface area (Å²) in [6.45, 7) is 7.35. The lowest BCUT2D eigenvalue weighted by Crippen LogP contribution is -1.93. The quantitative estimate of drug-likeness (QED) is 0.793. The van der Waals surface area contributed by atoms with E-state index in [-0.39, 0.29) is 0 Å². The molecule has 0 bridgehead atoms. The van der Waals surface area contributed by atoms with E-state index >= 15 is 0 Å². The first-order valence-electron chi connectivity index (χ1n) is 5.22. The van der Waals surface area contributed by atoms with Crippen molar-refractivity contribution in [2.45, 2.75) is 33.1 Å². The lowest BCUT2D eigenvalue weighted by atomic mass is 10.0. The molecule has 0 aliphatic carbocycles. The molecule has 0 atom stereocenters. The zero-order chi connectivity index (χ0) is 11.7. The SMILES string of the molecule is C=CO.CCCc1c(Br)cccc1CC. The molecule has 0 unspecified atom stereocenters. The molecule has 1 nitrogen and oxygen atoms in total. The number of hydrogen-bond donors (Lipinski definition) is 1. The third-order valence-corrected chi connectivity index (χ3v) is 2.84. The summed E-state index contributed by atoms with van der Waals surface area (Å²) in [5.41, 5.74) is 2.97. The van der Waals surface area contributed by atoms with E-state index in [0.29, 0.717) is 0 Å². The van der Waals surface area contributed by atoms with Gasteiger partial charge < -0.3 is 5.11 Å². The Morgan fingerprint density at radius 3 is 2.47 bits per heavy atom. The van der Waals surface area contributed by atoms with Crippen molar-refractivity contribution < 1.29 is 5.11 Å². The van der Waals surface area contributed by atoms with Crippen molar-refractivity contribution in [2.75, 3.05) is 0 Å². The van der Waals surface area contributed by atoms with Gasteiger partial charge in [0.2, 0.25) is 0 Å². The van der Waals surface area contributed by atoms with Gasteiger partial charge in [-0.05, 0) is 30.0 Å². The summed E-state index contributed by atoms with van der Waals surface area (Å²) in [4.78, 5) is 0. The first-order valence-corrected chi connectivity index (χ1v) is 6.01. The Labute approximate surface area is 101 Å². The summed E-state index contributed by atoms with van der Waals surface area (Å²) in [6.07, 6.45) is 4.29. The summed E-state index contributed by atoms with van der Waals surface area (Å²) < 4.78 is 1.27. The zero-order valence-corrected chi connectivity index (χ0v) is 11.0. The molecule has 15 heavy (non-hydrogen) atoms. The Bertz CT molecular complexity index is 295. The van der Waals surface area contributed by atoms with Crippen molar-refractivity contribution >= 4 is 15.9 Å². The molecular weight excluding hydrogens is 252 g/mol. The molecule has 0 heterocycles. The number of aryl methyl sites for hydroxylation is 1. The average Bonchev–Trinajstić information content (AvgIpc) is 2.22. The highest BCUT2D eigenvalue weighted by Gasteiger charge is 2.02. The molecule has 0 aromatic heterocycles. The fourth-order valence-electron chi connectivity index (χ4n) is 1.46. The van der Waals surface area contributed by atoms with Gasteiger partial charge in [-0.2, -0.15) is 0 Å². The summed E-state index contributed by atoms with van der Waals surface area (Å²) in [7, 11) is 0. The Hall–Kier alpha value is -0.760. The van der Waals surface area contributed by atoms with Crippen LogP contribution in [0, 0.1) is 0 Å².